The minimum atomic E-state index is -0.939. The van der Waals surface area contributed by atoms with Crippen LogP contribution in [0.4, 0.5) is 0 Å². The molecule has 0 aromatic heterocycles. The molecule has 1 aromatic rings. The SMILES string of the molecule is CCOC(=O)C1(NC(=O)c2cc(Br)c(OCC)c(OC)c2)CCCC1. The number of esters is 1. The van der Waals surface area contributed by atoms with E-state index in [-0.39, 0.29) is 11.9 Å². The van der Waals surface area contributed by atoms with Gasteiger partial charge in [0.25, 0.3) is 5.91 Å². The Labute approximate surface area is 156 Å². The van der Waals surface area contributed by atoms with E-state index in [1.165, 1.54) is 7.11 Å². The van der Waals surface area contributed by atoms with Crippen molar-refractivity contribution in [2.45, 2.75) is 45.1 Å². The van der Waals surface area contributed by atoms with Crippen LogP contribution in [0.5, 0.6) is 11.5 Å². The average molecular weight is 414 g/mol. The Bertz CT molecular complexity index is 641. The van der Waals surface area contributed by atoms with Gasteiger partial charge in [0, 0.05) is 5.56 Å². The van der Waals surface area contributed by atoms with Crippen molar-refractivity contribution in [3.05, 3.63) is 22.2 Å². The zero-order valence-corrected chi connectivity index (χ0v) is 16.4. The third-order valence-electron chi connectivity index (χ3n) is 4.26. The summed E-state index contributed by atoms with van der Waals surface area (Å²) in [6.07, 6.45) is 2.95. The molecule has 2 rings (SSSR count). The van der Waals surface area contributed by atoms with E-state index >= 15 is 0 Å². The van der Waals surface area contributed by atoms with Gasteiger partial charge in [0.05, 0.1) is 24.8 Å². The van der Waals surface area contributed by atoms with Crippen molar-refractivity contribution in [1.82, 2.24) is 5.32 Å². The Morgan fingerprint density at radius 1 is 1.20 bits per heavy atom. The fourth-order valence-electron chi connectivity index (χ4n) is 3.05. The van der Waals surface area contributed by atoms with Gasteiger partial charge in [-0.25, -0.2) is 4.79 Å². The zero-order valence-electron chi connectivity index (χ0n) is 14.8. The normalized spacial score (nSPS) is 15.5. The Morgan fingerprint density at radius 3 is 2.44 bits per heavy atom. The van der Waals surface area contributed by atoms with Crippen molar-refractivity contribution in [2.75, 3.05) is 20.3 Å². The van der Waals surface area contributed by atoms with E-state index in [1.54, 1.807) is 19.1 Å². The smallest absolute Gasteiger partial charge is 0.331 e. The summed E-state index contributed by atoms with van der Waals surface area (Å²) in [5.41, 5.74) is -0.548. The highest BCUT2D eigenvalue weighted by atomic mass is 79.9. The minimum absolute atomic E-state index is 0.291. The number of hydrogen-bond donors (Lipinski definition) is 1. The number of carbonyl (C=O) groups excluding carboxylic acids is 2. The van der Waals surface area contributed by atoms with Crippen LogP contribution in [0, 0.1) is 0 Å². The number of nitrogens with one attached hydrogen (secondary N) is 1. The fourth-order valence-corrected chi connectivity index (χ4v) is 3.61. The van der Waals surface area contributed by atoms with Gasteiger partial charge in [-0.2, -0.15) is 0 Å². The third kappa shape index (κ3) is 4.26. The van der Waals surface area contributed by atoms with Crippen molar-refractivity contribution in [3.63, 3.8) is 0 Å². The van der Waals surface area contributed by atoms with E-state index in [2.05, 4.69) is 21.2 Å². The summed E-state index contributed by atoms with van der Waals surface area (Å²) in [4.78, 5) is 25.1. The Kier molecular flexibility index (Phi) is 6.70. The van der Waals surface area contributed by atoms with Gasteiger partial charge in [-0.3, -0.25) is 4.79 Å². The predicted molar refractivity (Wildman–Crippen MR) is 97.2 cm³/mol. The number of hydrogen-bond acceptors (Lipinski definition) is 5. The first-order chi connectivity index (χ1) is 12.0. The van der Waals surface area contributed by atoms with Gasteiger partial charge in [-0.05, 0) is 54.8 Å². The number of ether oxygens (including phenoxy) is 3. The van der Waals surface area contributed by atoms with Crippen molar-refractivity contribution in [1.29, 1.82) is 0 Å². The second-order valence-corrected chi connectivity index (χ2v) is 6.74. The number of carbonyl (C=O) groups is 2. The number of methoxy groups -OCH3 is 1. The molecular weight excluding hydrogens is 390 g/mol. The largest absolute Gasteiger partial charge is 0.493 e. The zero-order chi connectivity index (χ0) is 18.4. The number of rotatable bonds is 7. The topological polar surface area (TPSA) is 73.9 Å². The van der Waals surface area contributed by atoms with Crippen LogP contribution in [0.3, 0.4) is 0 Å². The lowest BCUT2D eigenvalue weighted by atomic mass is 9.97. The van der Waals surface area contributed by atoms with E-state index in [9.17, 15) is 9.59 Å². The lowest BCUT2D eigenvalue weighted by Crippen LogP contribution is -2.53. The molecule has 0 atom stereocenters. The second-order valence-electron chi connectivity index (χ2n) is 5.89. The summed E-state index contributed by atoms with van der Waals surface area (Å²) < 4.78 is 16.7. The van der Waals surface area contributed by atoms with Gasteiger partial charge in [0.15, 0.2) is 11.5 Å². The molecular formula is C18H24BrNO5. The quantitative estimate of drug-likeness (QED) is 0.692. The van der Waals surface area contributed by atoms with Gasteiger partial charge >= 0.3 is 5.97 Å². The molecule has 1 saturated carbocycles. The van der Waals surface area contributed by atoms with Crippen LogP contribution in [0.2, 0.25) is 0 Å². The van der Waals surface area contributed by atoms with Crippen LogP contribution in [0.25, 0.3) is 0 Å². The van der Waals surface area contributed by atoms with E-state index < -0.39 is 5.54 Å². The Balaban J connectivity index is 2.27. The molecule has 1 aromatic carbocycles. The van der Waals surface area contributed by atoms with Gasteiger partial charge in [0.1, 0.15) is 5.54 Å². The van der Waals surface area contributed by atoms with Crippen molar-refractivity contribution >= 4 is 27.8 Å². The van der Waals surface area contributed by atoms with Crippen molar-refractivity contribution in [3.8, 4) is 11.5 Å². The lowest BCUT2D eigenvalue weighted by molar-refractivity contribution is -0.150. The molecule has 7 heteroatoms. The Morgan fingerprint density at radius 2 is 1.88 bits per heavy atom. The van der Waals surface area contributed by atoms with Crippen LogP contribution in [-0.4, -0.2) is 37.7 Å². The summed E-state index contributed by atoms with van der Waals surface area (Å²) in [6.45, 7) is 4.40. The maximum atomic E-state index is 12.8. The van der Waals surface area contributed by atoms with Gasteiger partial charge in [-0.15, -0.1) is 0 Å². The molecule has 0 aliphatic heterocycles. The molecule has 0 radical (unpaired) electrons. The maximum absolute atomic E-state index is 12.8. The minimum Gasteiger partial charge on any atom is -0.493 e. The first-order valence-electron chi connectivity index (χ1n) is 8.47. The third-order valence-corrected chi connectivity index (χ3v) is 4.85. The van der Waals surface area contributed by atoms with Crippen LogP contribution in [0.1, 0.15) is 49.9 Å². The molecule has 1 aliphatic carbocycles. The monoisotopic (exact) mass is 413 g/mol. The molecule has 0 spiro atoms. The number of amides is 1. The molecule has 0 unspecified atom stereocenters. The summed E-state index contributed by atoms with van der Waals surface area (Å²) in [5, 5.41) is 2.89. The highest BCUT2D eigenvalue weighted by Gasteiger charge is 2.44. The Hall–Kier alpha value is -1.76. The molecule has 6 nitrogen and oxygen atoms in total. The number of halogens is 1. The van der Waals surface area contributed by atoms with Crippen molar-refractivity contribution in [2.24, 2.45) is 0 Å². The molecule has 0 saturated heterocycles. The van der Waals surface area contributed by atoms with E-state index in [0.717, 1.165) is 12.8 Å². The van der Waals surface area contributed by atoms with Gasteiger partial charge in [0.2, 0.25) is 0 Å². The van der Waals surface area contributed by atoms with Crippen LogP contribution in [0.15, 0.2) is 16.6 Å². The van der Waals surface area contributed by atoms with E-state index in [1.807, 2.05) is 6.92 Å². The van der Waals surface area contributed by atoms with Gasteiger partial charge in [-0.1, -0.05) is 12.8 Å². The van der Waals surface area contributed by atoms with Crippen LogP contribution in [-0.2, 0) is 9.53 Å². The molecule has 1 fully saturated rings. The first kappa shape index (κ1) is 19.6. The fraction of sp³-hybridized carbons (Fsp3) is 0.556. The molecule has 138 valence electrons. The highest BCUT2D eigenvalue weighted by Crippen LogP contribution is 2.37. The van der Waals surface area contributed by atoms with Gasteiger partial charge < -0.3 is 19.5 Å². The predicted octanol–water partition coefficient (Wildman–Crippen LogP) is 3.46. The van der Waals surface area contributed by atoms with Crippen molar-refractivity contribution < 1.29 is 23.8 Å². The molecule has 0 bridgehead atoms. The lowest BCUT2D eigenvalue weighted by Gasteiger charge is -2.28. The summed E-state index contributed by atoms with van der Waals surface area (Å²) >= 11 is 3.41. The van der Waals surface area contributed by atoms with E-state index in [0.29, 0.717) is 47.6 Å². The second kappa shape index (κ2) is 8.56. The average Bonchev–Trinajstić information content (AvgIpc) is 3.06. The summed E-state index contributed by atoms with van der Waals surface area (Å²) in [7, 11) is 1.52. The highest BCUT2D eigenvalue weighted by molar-refractivity contribution is 9.10. The summed E-state index contributed by atoms with van der Waals surface area (Å²) in [5.74, 6) is 0.301. The summed E-state index contributed by atoms with van der Waals surface area (Å²) in [6, 6.07) is 3.27. The molecule has 1 N–H and O–H groups in total. The molecule has 1 amide bonds. The molecule has 25 heavy (non-hydrogen) atoms. The number of benzene rings is 1. The van der Waals surface area contributed by atoms with Crippen LogP contribution >= 0.6 is 15.9 Å². The molecule has 1 aliphatic rings. The first-order valence-corrected chi connectivity index (χ1v) is 9.26. The molecule has 0 heterocycles. The standard InChI is InChI=1S/C18H24BrNO5/c1-4-24-15-13(19)10-12(11-14(15)23-3)16(21)20-18(8-6-7-9-18)17(22)25-5-2/h10-11H,4-9H2,1-3H3,(H,20,21). The van der Waals surface area contributed by atoms with E-state index in [4.69, 9.17) is 14.2 Å². The van der Waals surface area contributed by atoms with Crippen LogP contribution < -0.4 is 14.8 Å². The maximum Gasteiger partial charge on any atom is 0.331 e.